The molecule has 0 aliphatic heterocycles. The van der Waals surface area contributed by atoms with Gasteiger partial charge in [0.15, 0.2) is 0 Å². The number of nitrogens with one attached hydrogen (secondary N) is 1. The van der Waals surface area contributed by atoms with E-state index in [0.717, 1.165) is 23.9 Å². The predicted molar refractivity (Wildman–Crippen MR) is 90.5 cm³/mol. The fraction of sp³-hybridized carbons (Fsp3) is 0.167. The van der Waals surface area contributed by atoms with Crippen molar-refractivity contribution in [3.63, 3.8) is 0 Å². The summed E-state index contributed by atoms with van der Waals surface area (Å²) in [4.78, 5) is 13.4. The molecule has 1 heterocycles. The minimum atomic E-state index is -0.874. The van der Waals surface area contributed by atoms with Crippen LogP contribution in [0, 0.1) is 0 Å². The van der Waals surface area contributed by atoms with Gasteiger partial charge in [-0.2, -0.15) is 0 Å². The van der Waals surface area contributed by atoms with E-state index >= 15 is 0 Å². The maximum Gasteiger partial charge on any atom is 0.309 e. The molecule has 0 spiro atoms. The van der Waals surface area contributed by atoms with E-state index < -0.39 is 5.97 Å². The van der Waals surface area contributed by atoms with Crippen LogP contribution < -0.4 is 5.73 Å². The van der Waals surface area contributed by atoms with E-state index in [0.29, 0.717) is 5.69 Å². The Kier molecular flexibility index (Phi) is 5.77. The van der Waals surface area contributed by atoms with Crippen molar-refractivity contribution in [3.05, 3.63) is 65.9 Å². The first-order chi connectivity index (χ1) is 11.1. The maximum atomic E-state index is 10.4. The number of fused-ring (bicyclic) bond motifs is 1. The van der Waals surface area contributed by atoms with Crippen molar-refractivity contribution < 1.29 is 15.0 Å². The summed E-state index contributed by atoms with van der Waals surface area (Å²) in [6.07, 6.45) is 0.955. The molecule has 5 nitrogen and oxygen atoms in total. The second kappa shape index (κ2) is 8.00. The lowest BCUT2D eigenvalue weighted by Crippen LogP contribution is -2.01. The molecule has 0 atom stereocenters. The number of carboxylic acid groups (broad SMARTS) is 1. The molecule has 0 aliphatic rings. The topological polar surface area (TPSA) is 99.3 Å². The zero-order valence-electron chi connectivity index (χ0n) is 12.7. The van der Waals surface area contributed by atoms with Crippen LogP contribution in [0.5, 0.6) is 5.75 Å². The second-order valence-electron chi connectivity index (χ2n) is 5.16. The number of benzene rings is 2. The molecule has 1 aromatic heterocycles. The lowest BCUT2D eigenvalue weighted by Gasteiger charge is -1.93. The molecule has 5 heteroatoms. The smallest absolute Gasteiger partial charge is 0.309 e. The fourth-order valence-electron chi connectivity index (χ4n) is 2.25. The average molecular weight is 312 g/mol. The Hall–Kier alpha value is -2.79. The van der Waals surface area contributed by atoms with E-state index in [2.05, 4.69) is 17.1 Å². The zero-order valence-corrected chi connectivity index (χ0v) is 12.7. The first-order valence-electron chi connectivity index (χ1n) is 7.35. The minimum Gasteiger partial charge on any atom is -0.508 e. The number of rotatable bonds is 4. The Labute approximate surface area is 134 Å². The highest BCUT2D eigenvalue weighted by molar-refractivity contribution is 5.83. The molecular formula is C18H20N2O3. The number of aromatic hydroxyl groups is 1. The van der Waals surface area contributed by atoms with Crippen molar-refractivity contribution in [2.75, 3.05) is 6.54 Å². The monoisotopic (exact) mass is 312 g/mol. The van der Waals surface area contributed by atoms with Crippen LogP contribution in [-0.2, 0) is 17.6 Å². The third-order valence-electron chi connectivity index (χ3n) is 3.28. The number of aromatic amines is 1. The van der Waals surface area contributed by atoms with Gasteiger partial charge in [0.05, 0.1) is 6.42 Å². The van der Waals surface area contributed by atoms with E-state index in [1.807, 2.05) is 18.2 Å². The van der Waals surface area contributed by atoms with Crippen molar-refractivity contribution in [1.82, 2.24) is 4.98 Å². The number of carbonyl (C=O) groups is 1. The van der Waals surface area contributed by atoms with Crippen molar-refractivity contribution in [2.24, 2.45) is 5.73 Å². The highest BCUT2D eigenvalue weighted by Gasteiger charge is 2.04. The van der Waals surface area contributed by atoms with Crippen LogP contribution in [0.15, 0.2) is 54.6 Å². The minimum absolute atomic E-state index is 0.0323. The molecular weight excluding hydrogens is 292 g/mol. The Morgan fingerprint density at radius 1 is 1.09 bits per heavy atom. The van der Waals surface area contributed by atoms with E-state index in [9.17, 15) is 9.90 Å². The number of H-pyrrole nitrogens is 1. The second-order valence-corrected chi connectivity index (χ2v) is 5.16. The van der Waals surface area contributed by atoms with E-state index in [1.165, 1.54) is 5.56 Å². The van der Waals surface area contributed by atoms with E-state index in [1.54, 1.807) is 24.3 Å². The van der Waals surface area contributed by atoms with Crippen LogP contribution in [0.4, 0.5) is 0 Å². The van der Waals surface area contributed by atoms with Crippen LogP contribution >= 0.6 is 0 Å². The molecule has 3 rings (SSSR count). The summed E-state index contributed by atoms with van der Waals surface area (Å²) in [7, 11) is 0. The number of aromatic nitrogens is 1. The average Bonchev–Trinajstić information content (AvgIpc) is 2.89. The summed E-state index contributed by atoms with van der Waals surface area (Å²) in [5.41, 5.74) is 8.15. The molecule has 5 N–H and O–H groups in total. The molecule has 2 aromatic carbocycles. The van der Waals surface area contributed by atoms with Gasteiger partial charge in [-0.15, -0.1) is 0 Å². The van der Waals surface area contributed by atoms with Gasteiger partial charge in [-0.05, 0) is 42.8 Å². The number of carboxylic acids is 1. The zero-order chi connectivity index (χ0) is 16.7. The molecule has 3 aromatic rings. The standard InChI is InChI=1S/C10H9NO3.C8H11N/c12-8-1-2-9-6(4-8)3-7(11-9)5-10(13)14;9-7-6-8-4-2-1-3-5-8/h1-4,11-12H,5H2,(H,13,14);1-5H,6-7,9H2. The van der Waals surface area contributed by atoms with Crippen molar-refractivity contribution in [1.29, 1.82) is 0 Å². The summed E-state index contributed by atoms with van der Waals surface area (Å²) in [6.45, 7) is 0.740. The van der Waals surface area contributed by atoms with Gasteiger partial charge in [0.25, 0.3) is 0 Å². The molecule has 0 aliphatic carbocycles. The number of hydrogen-bond acceptors (Lipinski definition) is 3. The summed E-state index contributed by atoms with van der Waals surface area (Å²) >= 11 is 0. The maximum absolute atomic E-state index is 10.4. The SMILES string of the molecule is NCCc1ccccc1.O=C(O)Cc1cc2cc(O)ccc2[nH]1. The van der Waals surface area contributed by atoms with Crippen LogP contribution in [0.1, 0.15) is 11.3 Å². The van der Waals surface area contributed by atoms with Gasteiger partial charge in [0, 0.05) is 16.6 Å². The van der Waals surface area contributed by atoms with Crippen LogP contribution in [0.25, 0.3) is 10.9 Å². The molecule has 0 unspecified atom stereocenters. The molecule has 0 fully saturated rings. The number of phenolic OH excluding ortho intramolecular Hbond substituents is 1. The normalized spacial score (nSPS) is 10.1. The molecule has 23 heavy (non-hydrogen) atoms. The number of nitrogens with two attached hydrogens (primary N) is 1. The Morgan fingerprint density at radius 3 is 2.48 bits per heavy atom. The molecule has 0 radical (unpaired) electrons. The third kappa shape index (κ3) is 5.16. The lowest BCUT2D eigenvalue weighted by atomic mass is 10.2. The first-order valence-corrected chi connectivity index (χ1v) is 7.35. The van der Waals surface area contributed by atoms with Crippen molar-refractivity contribution in [3.8, 4) is 5.75 Å². The first kappa shape index (κ1) is 16.6. The fourth-order valence-corrected chi connectivity index (χ4v) is 2.25. The Bertz CT molecular complexity index is 766. The van der Waals surface area contributed by atoms with Crippen LogP contribution in [0.3, 0.4) is 0 Å². The Morgan fingerprint density at radius 2 is 1.83 bits per heavy atom. The molecule has 0 bridgehead atoms. The van der Waals surface area contributed by atoms with Crippen molar-refractivity contribution >= 4 is 16.9 Å². The van der Waals surface area contributed by atoms with Gasteiger partial charge in [0.1, 0.15) is 5.75 Å². The molecule has 0 saturated heterocycles. The highest BCUT2D eigenvalue weighted by Crippen LogP contribution is 2.20. The van der Waals surface area contributed by atoms with Crippen LogP contribution in [0.2, 0.25) is 0 Å². The Balaban J connectivity index is 0.000000185. The predicted octanol–water partition coefficient (Wildman–Crippen LogP) is 2.69. The van der Waals surface area contributed by atoms with Crippen molar-refractivity contribution in [2.45, 2.75) is 12.8 Å². The summed E-state index contributed by atoms with van der Waals surface area (Å²) in [5, 5.41) is 18.6. The molecule has 0 saturated carbocycles. The third-order valence-corrected chi connectivity index (χ3v) is 3.28. The summed E-state index contributed by atoms with van der Waals surface area (Å²) in [6, 6.07) is 16.9. The van der Waals surface area contributed by atoms with Gasteiger partial charge in [-0.1, -0.05) is 30.3 Å². The van der Waals surface area contributed by atoms with Gasteiger partial charge in [0.2, 0.25) is 0 Å². The lowest BCUT2D eigenvalue weighted by molar-refractivity contribution is -0.136. The number of hydrogen-bond donors (Lipinski definition) is 4. The number of phenols is 1. The van der Waals surface area contributed by atoms with Gasteiger partial charge in [-0.25, -0.2) is 0 Å². The highest BCUT2D eigenvalue weighted by atomic mass is 16.4. The van der Waals surface area contributed by atoms with E-state index in [-0.39, 0.29) is 12.2 Å². The van der Waals surface area contributed by atoms with Gasteiger partial charge >= 0.3 is 5.97 Å². The number of aliphatic carboxylic acids is 1. The van der Waals surface area contributed by atoms with Gasteiger partial charge in [-0.3, -0.25) is 4.79 Å². The molecule has 120 valence electrons. The van der Waals surface area contributed by atoms with Crippen LogP contribution in [-0.4, -0.2) is 27.7 Å². The molecule has 0 amide bonds. The van der Waals surface area contributed by atoms with E-state index in [4.69, 9.17) is 10.8 Å². The quantitative estimate of drug-likeness (QED) is 0.595. The van der Waals surface area contributed by atoms with Gasteiger partial charge < -0.3 is 20.9 Å². The summed E-state index contributed by atoms with van der Waals surface area (Å²) in [5.74, 6) is -0.695. The largest absolute Gasteiger partial charge is 0.508 e. The summed E-state index contributed by atoms with van der Waals surface area (Å²) < 4.78 is 0.